The normalized spacial score (nSPS) is 23.8. The molecule has 2 N–H and O–H groups in total. The van der Waals surface area contributed by atoms with Gasteiger partial charge in [-0.2, -0.15) is 0 Å². The van der Waals surface area contributed by atoms with Crippen molar-refractivity contribution in [2.75, 3.05) is 27.3 Å². The van der Waals surface area contributed by atoms with Crippen LogP contribution in [0, 0.1) is 0 Å². The third kappa shape index (κ3) is 2.12. The molecule has 1 aliphatic carbocycles. The molecule has 2 rings (SSSR count). The Morgan fingerprint density at radius 3 is 2.88 bits per heavy atom. The van der Waals surface area contributed by atoms with Gasteiger partial charge < -0.3 is 10.5 Å². The third-order valence-electron chi connectivity index (χ3n) is 3.47. The third-order valence-corrected chi connectivity index (χ3v) is 3.47. The first kappa shape index (κ1) is 11.6. The maximum atomic E-state index is 6.28. The molecule has 16 heavy (non-hydrogen) atoms. The highest BCUT2D eigenvalue weighted by atomic mass is 16.5. The number of likely N-dealkylation sites (N-methyl/N-ethyl adjacent to an activating group) is 1. The Balaban J connectivity index is 2.06. The van der Waals surface area contributed by atoms with Crippen molar-refractivity contribution in [3.63, 3.8) is 0 Å². The van der Waals surface area contributed by atoms with Crippen LogP contribution in [0.4, 0.5) is 0 Å². The molecule has 1 aromatic carbocycles. The monoisotopic (exact) mass is 220 g/mol. The van der Waals surface area contributed by atoms with Gasteiger partial charge in [-0.25, -0.2) is 0 Å². The van der Waals surface area contributed by atoms with Gasteiger partial charge in [-0.1, -0.05) is 24.3 Å². The van der Waals surface area contributed by atoms with Crippen LogP contribution in [-0.4, -0.2) is 38.3 Å². The highest BCUT2D eigenvalue weighted by Gasteiger charge is 2.31. The van der Waals surface area contributed by atoms with Crippen LogP contribution in [0.15, 0.2) is 24.3 Å². The van der Waals surface area contributed by atoms with Crippen LogP contribution in [0.25, 0.3) is 0 Å². The summed E-state index contributed by atoms with van der Waals surface area (Å²) in [6.45, 7) is 1.69. The van der Waals surface area contributed by atoms with Gasteiger partial charge in [0.25, 0.3) is 0 Å². The van der Waals surface area contributed by atoms with Crippen molar-refractivity contribution in [2.24, 2.45) is 5.73 Å². The van der Waals surface area contributed by atoms with E-state index in [2.05, 4.69) is 36.2 Å². The smallest absolute Gasteiger partial charge is 0.0589 e. The second-order valence-electron chi connectivity index (χ2n) is 4.47. The summed E-state index contributed by atoms with van der Waals surface area (Å²) in [5.41, 5.74) is 8.98. The van der Waals surface area contributed by atoms with Crippen molar-refractivity contribution < 1.29 is 4.74 Å². The summed E-state index contributed by atoms with van der Waals surface area (Å²) in [5, 5.41) is 0. The maximum Gasteiger partial charge on any atom is 0.0589 e. The number of ether oxygens (including phenoxy) is 1. The molecule has 0 bridgehead atoms. The Kier molecular flexibility index (Phi) is 3.59. The lowest BCUT2D eigenvalue weighted by Gasteiger charge is -2.27. The highest BCUT2D eigenvalue weighted by molar-refractivity contribution is 5.36. The van der Waals surface area contributed by atoms with Crippen LogP contribution in [0.2, 0.25) is 0 Å². The van der Waals surface area contributed by atoms with Gasteiger partial charge in [0, 0.05) is 25.7 Å². The number of hydrogen-bond donors (Lipinski definition) is 1. The van der Waals surface area contributed by atoms with Crippen LogP contribution in [0.5, 0.6) is 0 Å². The van der Waals surface area contributed by atoms with E-state index in [1.165, 1.54) is 11.1 Å². The molecule has 0 saturated heterocycles. The van der Waals surface area contributed by atoms with Crippen molar-refractivity contribution in [1.82, 2.24) is 4.90 Å². The number of rotatable bonds is 4. The average molecular weight is 220 g/mol. The minimum atomic E-state index is 0.137. The zero-order valence-electron chi connectivity index (χ0n) is 10.0. The fourth-order valence-electron chi connectivity index (χ4n) is 2.44. The minimum absolute atomic E-state index is 0.137. The number of hydrogen-bond acceptors (Lipinski definition) is 3. The van der Waals surface area contributed by atoms with Crippen molar-refractivity contribution >= 4 is 0 Å². The lowest BCUT2D eigenvalue weighted by molar-refractivity contribution is 0.133. The summed E-state index contributed by atoms with van der Waals surface area (Å²) in [4.78, 5) is 2.30. The first-order chi connectivity index (χ1) is 7.74. The largest absolute Gasteiger partial charge is 0.383 e. The van der Waals surface area contributed by atoms with Gasteiger partial charge in [0.15, 0.2) is 0 Å². The van der Waals surface area contributed by atoms with Crippen LogP contribution < -0.4 is 5.73 Å². The molecule has 0 fully saturated rings. The number of fused-ring (bicyclic) bond motifs is 1. The molecule has 0 aliphatic heterocycles. The average Bonchev–Trinajstić information content (AvgIpc) is 2.64. The number of benzene rings is 1. The van der Waals surface area contributed by atoms with Crippen molar-refractivity contribution in [3.8, 4) is 0 Å². The molecule has 2 unspecified atom stereocenters. The molecule has 0 radical (unpaired) electrons. The zero-order chi connectivity index (χ0) is 11.5. The Bertz CT molecular complexity index is 354. The number of nitrogens with zero attached hydrogens (tertiary/aromatic N) is 1. The van der Waals surface area contributed by atoms with Crippen molar-refractivity contribution in [1.29, 1.82) is 0 Å². The zero-order valence-corrected chi connectivity index (χ0v) is 10.0. The predicted octanol–water partition coefficient (Wildman–Crippen LogP) is 1.19. The summed E-state index contributed by atoms with van der Waals surface area (Å²) in [6, 6.07) is 9.02. The first-order valence-corrected chi connectivity index (χ1v) is 5.76. The predicted molar refractivity (Wildman–Crippen MR) is 65.4 cm³/mol. The quantitative estimate of drug-likeness (QED) is 0.828. The van der Waals surface area contributed by atoms with Gasteiger partial charge in [-0.05, 0) is 24.6 Å². The summed E-state index contributed by atoms with van der Waals surface area (Å²) in [6.07, 6.45) is 1.05. The van der Waals surface area contributed by atoms with Crippen molar-refractivity contribution in [2.45, 2.75) is 18.5 Å². The van der Waals surface area contributed by atoms with Gasteiger partial charge in [0.05, 0.1) is 6.61 Å². The van der Waals surface area contributed by atoms with E-state index in [1.807, 2.05) is 0 Å². The first-order valence-electron chi connectivity index (χ1n) is 5.76. The number of methoxy groups -OCH3 is 1. The van der Waals surface area contributed by atoms with E-state index in [4.69, 9.17) is 10.5 Å². The fraction of sp³-hybridized carbons (Fsp3) is 0.538. The van der Waals surface area contributed by atoms with Gasteiger partial charge in [-0.15, -0.1) is 0 Å². The molecule has 88 valence electrons. The molecule has 3 nitrogen and oxygen atoms in total. The Labute approximate surface area is 97.2 Å². The Morgan fingerprint density at radius 2 is 2.19 bits per heavy atom. The SMILES string of the molecule is COCCN(C)C1Cc2ccccc2C1N. The van der Waals surface area contributed by atoms with Gasteiger partial charge in [0.2, 0.25) is 0 Å². The van der Waals surface area contributed by atoms with E-state index < -0.39 is 0 Å². The van der Waals surface area contributed by atoms with E-state index in [0.29, 0.717) is 6.04 Å². The van der Waals surface area contributed by atoms with E-state index in [-0.39, 0.29) is 6.04 Å². The highest BCUT2D eigenvalue weighted by Crippen LogP contribution is 2.31. The summed E-state index contributed by atoms with van der Waals surface area (Å²) in [5.74, 6) is 0. The standard InChI is InChI=1S/C13H20N2O/c1-15(7-8-16-2)12-9-10-5-3-4-6-11(10)13(12)14/h3-6,12-13H,7-9,14H2,1-2H3. The molecule has 0 aromatic heterocycles. The second-order valence-corrected chi connectivity index (χ2v) is 4.47. The molecule has 1 aliphatic rings. The van der Waals surface area contributed by atoms with Gasteiger partial charge in [-0.3, -0.25) is 4.90 Å². The van der Waals surface area contributed by atoms with Crippen LogP contribution in [0.3, 0.4) is 0 Å². The molecule has 0 spiro atoms. The molecular formula is C13H20N2O. The van der Waals surface area contributed by atoms with Crippen LogP contribution >= 0.6 is 0 Å². The van der Waals surface area contributed by atoms with E-state index >= 15 is 0 Å². The molecule has 0 saturated carbocycles. The summed E-state index contributed by atoms with van der Waals surface area (Å²) < 4.78 is 5.10. The van der Waals surface area contributed by atoms with E-state index in [9.17, 15) is 0 Å². The molecule has 1 aromatic rings. The molecular weight excluding hydrogens is 200 g/mol. The van der Waals surface area contributed by atoms with Crippen LogP contribution in [-0.2, 0) is 11.2 Å². The minimum Gasteiger partial charge on any atom is -0.383 e. The second kappa shape index (κ2) is 4.95. The topological polar surface area (TPSA) is 38.5 Å². The summed E-state index contributed by atoms with van der Waals surface area (Å²) in [7, 11) is 3.85. The summed E-state index contributed by atoms with van der Waals surface area (Å²) >= 11 is 0. The Morgan fingerprint density at radius 1 is 1.44 bits per heavy atom. The molecule has 0 heterocycles. The molecule has 2 atom stereocenters. The lowest BCUT2D eigenvalue weighted by atomic mass is 10.1. The number of nitrogens with two attached hydrogens (primary N) is 1. The van der Waals surface area contributed by atoms with Crippen molar-refractivity contribution in [3.05, 3.63) is 35.4 Å². The van der Waals surface area contributed by atoms with E-state index in [0.717, 1.165) is 19.6 Å². The van der Waals surface area contributed by atoms with Gasteiger partial charge in [0.1, 0.15) is 0 Å². The molecule has 3 heteroatoms. The van der Waals surface area contributed by atoms with E-state index in [1.54, 1.807) is 7.11 Å². The van der Waals surface area contributed by atoms with Gasteiger partial charge >= 0.3 is 0 Å². The molecule has 0 amide bonds. The maximum absolute atomic E-state index is 6.28. The Hall–Kier alpha value is -0.900. The lowest BCUT2D eigenvalue weighted by Crippen LogP contribution is -2.40. The fourth-order valence-corrected chi connectivity index (χ4v) is 2.44. The van der Waals surface area contributed by atoms with Crippen LogP contribution in [0.1, 0.15) is 17.2 Å².